The molecule has 0 aliphatic carbocycles. The molecule has 4 aromatic rings. The number of rotatable bonds is 9. The summed E-state index contributed by atoms with van der Waals surface area (Å²) in [6.07, 6.45) is -4.74. The van der Waals surface area contributed by atoms with E-state index in [1.807, 2.05) is 36.4 Å². The van der Waals surface area contributed by atoms with Crippen molar-refractivity contribution in [2.45, 2.75) is 57.1 Å². The molecule has 2 unspecified atom stereocenters. The van der Waals surface area contributed by atoms with Gasteiger partial charge in [-0.1, -0.05) is 60.7 Å². The van der Waals surface area contributed by atoms with Crippen LogP contribution in [0.5, 0.6) is 5.75 Å². The Kier molecular flexibility index (Phi) is 9.94. The predicted molar refractivity (Wildman–Crippen MR) is 177 cm³/mol. The minimum atomic E-state index is -4.74. The molecule has 0 radical (unpaired) electrons. The summed E-state index contributed by atoms with van der Waals surface area (Å²) in [4.78, 5) is 32.0. The second-order valence-corrected chi connectivity index (χ2v) is 13.2. The summed E-state index contributed by atoms with van der Waals surface area (Å²) in [5.41, 5.74) is 1.80. The Bertz CT molecular complexity index is 1760. The Balaban J connectivity index is 1.37. The summed E-state index contributed by atoms with van der Waals surface area (Å²) in [7, 11) is 1.52. The lowest BCUT2D eigenvalue weighted by atomic mass is 9.81. The van der Waals surface area contributed by atoms with Gasteiger partial charge in [-0.05, 0) is 53.6 Å². The summed E-state index contributed by atoms with van der Waals surface area (Å²) in [5.74, 6) is -1.52. The van der Waals surface area contributed by atoms with Crippen molar-refractivity contribution >= 4 is 11.9 Å². The molecule has 50 heavy (non-hydrogen) atoms. The van der Waals surface area contributed by atoms with Gasteiger partial charge in [-0.15, -0.1) is 5.10 Å². The Morgan fingerprint density at radius 2 is 1.58 bits per heavy atom. The fraction of sp³-hybridized carbons (Fsp3) is 0.417. The molecule has 11 nitrogen and oxygen atoms in total. The highest BCUT2D eigenvalue weighted by Crippen LogP contribution is 2.37. The maximum atomic E-state index is 13.7. The number of carbonyl (C=O) groups excluding carboxylic acids is 2. The van der Waals surface area contributed by atoms with Gasteiger partial charge < -0.3 is 14.4 Å². The molecule has 2 atom stereocenters. The van der Waals surface area contributed by atoms with E-state index in [9.17, 15) is 22.8 Å². The zero-order valence-electron chi connectivity index (χ0n) is 28.4. The maximum absolute atomic E-state index is 13.7. The van der Waals surface area contributed by atoms with Gasteiger partial charge in [0.2, 0.25) is 0 Å². The Morgan fingerprint density at radius 3 is 2.18 bits per heavy atom. The van der Waals surface area contributed by atoms with Crippen molar-refractivity contribution in [1.82, 2.24) is 34.9 Å². The zero-order chi connectivity index (χ0) is 35.6. The van der Waals surface area contributed by atoms with Crippen molar-refractivity contribution in [3.8, 4) is 11.4 Å². The molecule has 0 bridgehead atoms. The average molecular weight is 692 g/mol. The van der Waals surface area contributed by atoms with Crippen LogP contribution >= 0.6 is 0 Å². The van der Waals surface area contributed by atoms with E-state index < -0.39 is 23.6 Å². The number of hydrogen-bond donors (Lipinski definition) is 0. The van der Waals surface area contributed by atoms with E-state index in [2.05, 4.69) is 49.6 Å². The molecule has 2 fully saturated rings. The molecule has 1 amide bonds. The normalized spacial score (nSPS) is 18.9. The van der Waals surface area contributed by atoms with E-state index in [4.69, 9.17) is 9.47 Å². The second kappa shape index (κ2) is 14.2. The number of piperazine rings is 2. The molecule has 264 valence electrons. The number of benzene rings is 3. The van der Waals surface area contributed by atoms with Gasteiger partial charge in [-0.25, -0.2) is 0 Å². The van der Waals surface area contributed by atoms with Crippen LogP contribution in [0, 0.1) is 0 Å². The van der Waals surface area contributed by atoms with Crippen molar-refractivity contribution in [3.63, 3.8) is 0 Å². The minimum Gasteiger partial charge on any atom is -0.496 e. The van der Waals surface area contributed by atoms with E-state index in [0.717, 1.165) is 11.1 Å². The topological polar surface area (TPSA) is 106 Å². The maximum Gasteiger partial charge on any atom is 0.453 e. The number of hydrogen-bond acceptors (Lipinski definition) is 9. The molecular weight excluding hydrogens is 651 g/mol. The van der Waals surface area contributed by atoms with Crippen LogP contribution in [0.2, 0.25) is 0 Å². The highest BCUT2D eigenvalue weighted by atomic mass is 19.4. The van der Waals surface area contributed by atoms with Crippen molar-refractivity contribution < 1.29 is 32.2 Å². The first-order chi connectivity index (χ1) is 23.9. The smallest absolute Gasteiger partial charge is 0.453 e. The number of tetrazole rings is 1. The highest BCUT2D eigenvalue weighted by Gasteiger charge is 2.45. The van der Waals surface area contributed by atoms with Gasteiger partial charge in [0.25, 0.3) is 11.7 Å². The zero-order valence-corrected chi connectivity index (χ0v) is 28.4. The van der Waals surface area contributed by atoms with Crippen LogP contribution in [0.4, 0.5) is 13.2 Å². The monoisotopic (exact) mass is 691 g/mol. The lowest BCUT2D eigenvalue weighted by Crippen LogP contribution is -2.68. The fourth-order valence-corrected chi connectivity index (χ4v) is 7.36. The molecule has 14 heteroatoms. The number of ether oxygens (including phenoxy) is 2. The quantitative estimate of drug-likeness (QED) is 0.234. The highest BCUT2D eigenvalue weighted by molar-refractivity contribution is 5.87. The molecule has 1 aromatic heterocycles. The van der Waals surface area contributed by atoms with Crippen molar-refractivity contribution in [3.05, 3.63) is 101 Å². The summed E-state index contributed by atoms with van der Waals surface area (Å²) in [5, 5.41) is 10.1. The second-order valence-electron chi connectivity index (χ2n) is 13.2. The standard InChI is InChI=1S/C36H40F3N7O4/c1-24(47)50-35(2,3)34(48)44-17-18-45-29(22-44)21-43(23-30(45)32(25-11-7-5-8-12-25)26-13-9-6-10-14-26)20-27-19-28(15-16-31(27)49-4)46-33(36(37,38)39)40-41-42-46/h5-16,19,29-30,32H,17-18,20-23H2,1-4H3. The number of halogens is 3. The molecule has 0 spiro atoms. The number of fused-ring (bicyclic) bond motifs is 1. The number of alkyl halides is 3. The number of aromatic nitrogens is 4. The summed E-state index contributed by atoms with van der Waals surface area (Å²) >= 11 is 0. The van der Waals surface area contributed by atoms with Crippen LogP contribution in [-0.4, -0.2) is 104 Å². The lowest BCUT2D eigenvalue weighted by Gasteiger charge is -2.54. The van der Waals surface area contributed by atoms with Crippen LogP contribution in [0.3, 0.4) is 0 Å². The van der Waals surface area contributed by atoms with E-state index >= 15 is 0 Å². The molecule has 2 saturated heterocycles. The third kappa shape index (κ3) is 7.36. The molecule has 2 aliphatic rings. The molecule has 6 rings (SSSR count). The summed E-state index contributed by atoms with van der Waals surface area (Å²) < 4.78 is 52.9. The molecule has 0 saturated carbocycles. The van der Waals surface area contributed by atoms with E-state index in [1.165, 1.54) is 20.1 Å². The first-order valence-electron chi connectivity index (χ1n) is 16.5. The van der Waals surface area contributed by atoms with Crippen LogP contribution < -0.4 is 4.74 Å². The lowest BCUT2D eigenvalue weighted by molar-refractivity contribution is -0.171. The van der Waals surface area contributed by atoms with Crippen LogP contribution in [0.1, 0.15) is 49.2 Å². The Labute approximate surface area is 288 Å². The number of methoxy groups -OCH3 is 1. The SMILES string of the molecule is COc1ccc(-n2nnnc2C(F)(F)F)cc1CN1CC2CN(C(=O)C(C)(C)OC(C)=O)CCN2C(C(c2ccccc2)c2ccccc2)C1. The average Bonchev–Trinajstić information content (AvgIpc) is 3.60. The minimum absolute atomic E-state index is 0.0220. The summed E-state index contributed by atoms with van der Waals surface area (Å²) in [6.45, 7) is 7.53. The van der Waals surface area contributed by atoms with Crippen LogP contribution in [-0.2, 0) is 27.0 Å². The predicted octanol–water partition coefficient (Wildman–Crippen LogP) is 4.56. The van der Waals surface area contributed by atoms with Gasteiger partial charge in [0.05, 0.1) is 12.8 Å². The van der Waals surface area contributed by atoms with Gasteiger partial charge in [0, 0.05) is 69.8 Å². The van der Waals surface area contributed by atoms with Crippen LogP contribution in [0.15, 0.2) is 78.9 Å². The molecular formula is C36H40F3N7O4. The fourth-order valence-electron chi connectivity index (χ4n) is 7.36. The first kappa shape index (κ1) is 35.0. The number of esters is 1. The van der Waals surface area contributed by atoms with Crippen molar-refractivity contribution in [1.29, 1.82) is 0 Å². The van der Waals surface area contributed by atoms with E-state index in [0.29, 0.717) is 55.3 Å². The van der Waals surface area contributed by atoms with Crippen molar-refractivity contribution in [2.75, 3.05) is 39.8 Å². The number of nitrogens with zero attached hydrogens (tertiary/aromatic N) is 7. The molecule has 3 heterocycles. The van der Waals surface area contributed by atoms with E-state index in [-0.39, 0.29) is 29.6 Å². The number of amides is 1. The van der Waals surface area contributed by atoms with Gasteiger partial charge in [0.1, 0.15) is 5.75 Å². The number of carbonyl (C=O) groups is 2. The largest absolute Gasteiger partial charge is 0.496 e. The first-order valence-corrected chi connectivity index (χ1v) is 16.5. The van der Waals surface area contributed by atoms with Crippen LogP contribution in [0.25, 0.3) is 5.69 Å². The van der Waals surface area contributed by atoms with Crippen molar-refractivity contribution in [2.24, 2.45) is 0 Å². The Hall–Kier alpha value is -4.82. The van der Waals surface area contributed by atoms with E-state index in [1.54, 1.807) is 30.9 Å². The van der Waals surface area contributed by atoms with Gasteiger partial charge in [0.15, 0.2) is 5.60 Å². The van der Waals surface area contributed by atoms with Gasteiger partial charge in [-0.2, -0.15) is 17.9 Å². The third-order valence-corrected chi connectivity index (χ3v) is 9.40. The molecule has 3 aromatic carbocycles. The summed E-state index contributed by atoms with van der Waals surface area (Å²) in [6, 6.07) is 25.2. The molecule has 2 aliphatic heterocycles. The van der Waals surface area contributed by atoms with Gasteiger partial charge >= 0.3 is 12.1 Å². The molecule has 0 N–H and O–H groups in total. The Morgan fingerprint density at radius 1 is 0.920 bits per heavy atom. The third-order valence-electron chi connectivity index (χ3n) is 9.40. The van der Waals surface area contributed by atoms with Gasteiger partial charge in [-0.3, -0.25) is 19.4 Å².